The average molecular weight is 130 g/mol. The summed E-state index contributed by atoms with van der Waals surface area (Å²) in [7, 11) is 1.37. The van der Waals surface area contributed by atoms with Crippen molar-refractivity contribution in [2.75, 3.05) is 13.7 Å². The number of esters is 1. The maximum absolute atomic E-state index is 10.6. The summed E-state index contributed by atoms with van der Waals surface area (Å²) in [5.41, 5.74) is 0. The predicted octanol–water partition coefficient (Wildman–Crippen LogP) is -0.212. The monoisotopic (exact) mass is 130 g/mol. The lowest BCUT2D eigenvalue weighted by Gasteiger charge is -1.93. The summed E-state index contributed by atoms with van der Waals surface area (Å²) in [5.74, 6) is -0.0218. The van der Waals surface area contributed by atoms with E-state index in [0.717, 1.165) is 6.42 Å². The Kier molecular flexibility index (Phi) is 1.71. The van der Waals surface area contributed by atoms with Crippen LogP contribution in [0, 0.1) is 11.8 Å². The molecule has 0 spiro atoms. The first-order valence-corrected chi connectivity index (χ1v) is 2.98. The van der Waals surface area contributed by atoms with E-state index in [2.05, 4.69) is 4.74 Å². The zero-order valence-electron chi connectivity index (χ0n) is 5.33. The topological polar surface area (TPSA) is 46.5 Å². The maximum atomic E-state index is 10.6. The maximum Gasteiger partial charge on any atom is 0.309 e. The first-order valence-electron chi connectivity index (χ1n) is 2.98. The number of carbonyl (C=O) groups excluding carboxylic acids is 1. The van der Waals surface area contributed by atoms with Crippen molar-refractivity contribution in [2.24, 2.45) is 11.8 Å². The van der Waals surface area contributed by atoms with E-state index in [-0.39, 0.29) is 24.4 Å². The second-order valence-electron chi connectivity index (χ2n) is 2.31. The fraction of sp³-hybridized carbons (Fsp3) is 0.833. The highest BCUT2D eigenvalue weighted by Gasteiger charge is 2.43. The van der Waals surface area contributed by atoms with E-state index in [0.29, 0.717) is 0 Å². The SMILES string of the molecule is COC(=O)[C@@H]1CC1CO. The lowest BCUT2D eigenvalue weighted by Crippen LogP contribution is -2.05. The van der Waals surface area contributed by atoms with Crippen LogP contribution in [0.15, 0.2) is 0 Å². The van der Waals surface area contributed by atoms with Crippen molar-refractivity contribution in [3.8, 4) is 0 Å². The number of carbonyl (C=O) groups is 1. The van der Waals surface area contributed by atoms with Crippen LogP contribution in [0.4, 0.5) is 0 Å². The van der Waals surface area contributed by atoms with Crippen LogP contribution >= 0.6 is 0 Å². The molecule has 1 unspecified atom stereocenters. The molecular weight excluding hydrogens is 120 g/mol. The van der Waals surface area contributed by atoms with Crippen LogP contribution in [0.1, 0.15) is 6.42 Å². The number of methoxy groups -OCH3 is 1. The summed E-state index contributed by atoms with van der Waals surface area (Å²) in [6.07, 6.45) is 0.795. The molecule has 0 heterocycles. The molecule has 0 aromatic rings. The Morgan fingerprint density at radius 1 is 1.89 bits per heavy atom. The summed E-state index contributed by atoms with van der Waals surface area (Å²) in [5, 5.41) is 8.51. The van der Waals surface area contributed by atoms with E-state index in [1.165, 1.54) is 7.11 Å². The molecule has 52 valence electrons. The normalized spacial score (nSPS) is 31.8. The van der Waals surface area contributed by atoms with Crippen LogP contribution < -0.4 is 0 Å². The van der Waals surface area contributed by atoms with Crippen molar-refractivity contribution < 1.29 is 14.6 Å². The lowest BCUT2D eigenvalue weighted by atomic mass is 10.3. The van der Waals surface area contributed by atoms with Gasteiger partial charge in [0.15, 0.2) is 0 Å². The quantitative estimate of drug-likeness (QED) is 0.526. The molecule has 0 amide bonds. The van der Waals surface area contributed by atoms with E-state index < -0.39 is 0 Å². The molecule has 1 aliphatic carbocycles. The molecule has 2 atom stereocenters. The van der Waals surface area contributed by atoms with Gasteiger partial charge in [0.1, 0.15) is 0 Å². The van der Waals surface area contributed by atoms with Gasteiger partial charge in [-0.1, -0.05) is 0 Å². The first kappa shape index (κ1) is 6.55. The third-order valence-electron chi connectivity index (χ3n) is 1.66. The summed E-state index contributed by atoms with van der Waals surface area (Å²) < 4.78 is 4.46. The van der Waals surface area contributed by atoms with Crippen molar-refractivity contribution in [3.05, 3.63) is 0 Å². The summed E-state index contributed by atoms with van der Waals surface area (Å²) in [6.45, 7) is 0.111. The molecule has 0 saturated heterocycles. The lowest BCUT2D eigenvalue weighted by molar-refractivity contribution is -0.142. The van der Waals surface area contributed by atoms with Gasteiger partial charge in [-0.25, -0.2) is 0 Å². The van der Waals surface area contributed by atoms with Gasteiger partial charge in [-0.2, -0.15) is 0 Å². The van der Waals surface area contributed by atoms with Gasteiger partial charge >= 0.3 is 5.97 Å². The van der Waals surface area contributed by atoms with Crippen molar-refractivity contribution in [2.45, 2.75) is 6.42 Å². The van der Waals surface area contributed by atoms with Crippen LogP contribution in [0.5, 0.6) is 0 Å². The molecule has 1 N–H and O–H groups in total. The number of rotatable bonds is 2. The van der Waals surface area contributed by atoms with E-state index in [1.807, 2.05) is 0 Å². The standard InChI is InChI=1S/C6H10O3/c1-9-6(8)5-2-4(5)3-7/h4-5,7H,2-3H2,1H3/t4?,5-/m1/s1. The number of aliphatic hydroxyl groups excluding tert-OH is 1. The van der Waals surface area contributed by atoms with E-state index in [9.17, 15) is 4.79 Å². The van der Waals surface area contributed by atoms with Gasteiger partial charge in [0.25, 0.3) is 0 Å². The molecule has 1 fully saturated rings. The molecular formula is C6H10O3. The van der Waals surface area contributed by atoms with Gasteiger partial charge in [0.05, 0.1) is 13.0 Å². The molecule has 0 aromatic carbocycles. The van der Waals surface area contributed by atoms with Gasteiger partial charge in [-0.15, -0.1) is 0 Å². The van der Waals surface area contributed by atoms with Crippen molar-refractivity contribution in [3.63, 3.8) is 0 Å². The minimum Gasteiger partial charge on any atom is -0.469 e. The second-order valence-corrected chi connectivity index (χ2v) is 2.31. The van der Waals surface area contributed by atoms with Gasteiger partial charge in [-0.05, 0) is 12.3 Å². The highest BCUT2D eigenvalue weighted by molar-refractivity contribution is 5.75. The van der Waals surface area contributed by atoms with Gasteiger partial charge < -0.3 is 9.84 Å². The largest absolute Gasteiger partial charge is 0.469 e. The van der Waals surface area contributed by atoms with Crippen molar-refractivity contribution in [1.29, 1.82) is 0 Å². The molecule has 1 aliphatic rings. The summed E-state index contributed by atoms with van der Waals surface area (Å²) in [6, 6.07) is 0. The van der Waals surface area contributed by atoms with Crippen LogP contribution in [0.2, 0.25) is 0 Å². The molecule has 1 saturated carbocycles. The van der Waals surface area contributed by atoms with Gasteiger partial charge in [0.2, 0.25) is 0 Å². The highest BCUT2D eigenvalue weighted by atomic mass is 16.5. The Morgan fingerprint density at radius 3 is 2.89 bits per heavy atom. The first-order chi connectivity index (χ1) is 4.29. The molecule has 3 heteroatoms. The van der Waals surface area contributed by atoms with Crippen molar-refractivity contribution >= 4 is 5.97 Å². The van der Waals surface area contributed by atoms with E-state index >= 15 is 0 Å². The number of ether oxygens (including phenoxy) is 1. The Hall–Kier alpha value is -0.570. The predicted molar refractivity (Wildman–Crippen MR) is 30.7 cm³/mol. The Labute approximate surface area is 53.6 Å². The van der Waals surface area contributed by atoms with E-state index in [4.69, 9.17) is 5.11 Å². The van der Waals surface area contributed by atoms with E-state index in [1.54, 1.807) is 0 Å². The Morgan fingerprint density at radius 2 is 2.56 bits per heavy atom. The number of hydrogen-bond donors (Lipinski definition) is 1. The Bertz CT molecular complexity index is 121. The van der Waals surface area contributed by atoms with Gasteiger partial charge in [-0.3, -0.25) is 4.79 Å². The van der Waals surface area contributed by atoms with Crippen molar-refractivity contribution in [1.82, 2.24) is 0 Å². The zero-order valence-corrected chi connectivity index (χ0v) is 5.33. The van der Waals surface area contributed by atoms with Crippen LogP contribution in [0.25, 0.3) is 0 Å². The molecule has 0 radical (unpaired) electrons. The molecule has 0 aliphatic heterocycles. The molecule has 9 heavy (non-hydrogen) atoms. The smallest absolute Gasteiger partial charge is 0.309 e. The third kappa shape index (κ3) is 1.21. The minimum atomic E-state index is -0.186. The zero-order chi connectivity index (χ0) is 6.85. The fourth-order valence-electron chi connectivity index (χ4n) is 0.889. The van der Waals surface area contributed by atoms with Crippen LogP contribution in [-0.2, 0) is 9.53 Å². The van der Waals surface area contributed by atoms with Crippen LogP contribution in [0.3, 0.4) is 0 Å². The summed E-state index contributed by atoms with van der Waals surface area (Å²) in [4.78, 5) is 10.6. The number of hydrogen-bond acceptors (Lipinski definition) is 3. The van der Waals surface area contributed by atoms with Gasteiger partial charge in [0, 0.05) is 6.61 Å². The molecule has 1 rings (SSSR count). The molecule has 0 bridgehead atoms. The Balaban J connectivity index is 2.25. The second kappa shape index (κ2) is 2.35. The number of aliphatic hydroxyl groups is 1. The minimum absolute atomic E-state index is 0.0139. The average Bonchev–Trinajstić information content (AvgIpc) is 2.64. The third-order valence-corrected chi connectivity index (χ3v) is 1.66. The summed E-state index contributed by atoms with van der Waals surface area (Å²) >= 11 is 0. The molecule has 3 nitrogen and oxygen atoms in total. The fourth-order valence-corrected chi connectivity index (χ4v) is 0.889. The van der Waals surface area contributed by atoms with Crippen LogP contribution in [-0.4, -0.2) is 24.8 Å². The molecule has 0 aromatic heterocycles. The highest BCUT2D eigenvalue weighted by Crippen LogP contribution is 2.38.